The Balaban J connectivity index is 2.21. The van der Waals surface area contributed by atoms with Gasteiger partial charge in [0.15, 0.2) is 0 Å². The van der Waals surface area contributed by atoms with E-state index in [-0.39, 0.29) is 5.57 Å². The third kappa shape index (κ3) is 1.65. The van der Waals surface area contributed by atoms with Crippen LogP contribution < -0.4 is 0 Å². The number of nitrogens with zero attached hydrogens (tertiary/aromatic N) is 2. The first-order chi connectivity index (χ1) is 8.31. The molecule has 5 heteroatoms. The topological polar surface area (TPSA) is 47.6 Å². The zero-order valence-corrected chi connectivity index (χ0v) is 10.9. The molecule has 0 spiro atoms. The average Bonchev–Trinajstić information content (AvgIpc) is 2.97. The Morgan fingerprint density at radius 1 is 1.12 bits per heavy atom. The van der Waals surface area contributed by atoms with E-state index in [9.17, 15) is 0 Å². The molecular formula is C12H4N2S3. The van der Waals surface area contributed by atoms with Crippen molar-refractivity contribution in [2.24, 2.45) is 0 Å². The van der Waals surface area contributed by atoms with E-state index in [1.54, 1.807) is 40.1 Å². The summed E-state index contributed by atoms with van der Waals surface area (Å²) in [6.07, 6.45) is 1.65. The Morgan fingerprint density at radius 3 is 2.71 bits per heavy atom. The first-order valence-corrected chi connectivity index (χ1v) is 7.24. The molecule has 0 aliphatic heterocycles. The van der Waals surface area contributed by atoms with Crippen LogP contribution in [-0.4, -0.2) is 0 Å². The van der Waals surface area contributed by atoms with Crippen molar-refractivity contribution in [2.75, 3.05) is 0 Å². The molecule has 0 aliphatic rings. The quantitative estimate of drug-likeness (QED) is 0.607. The van der Waals surface area contributed by atoms with Crippen LogP contribution in [0.2, 0.25) is 0 Å². The Bertz CT molecular complexity index is 801. The molecule has 3 rings (SSSR count). The number of hydrogen-bond donors (Lipinski definition) is 0. The van der Waals surface area contributed by atoms with E-state index in [1.807, 2.05) is 18.2 Å². The number of allylic oxidation sites excluding steroid dienone is 1. The summed E-state index contributed by atoms with van der Waals surface area (Å²) in [5.41, 5.74) is 0.154. The first kappa shape index (κ1) is 10.5. The summed E-state index contributed by atoms with van der Waals surface area (Å²) in [6.45, 7) is 0. The van der Waals surface area contributed by atoms with Crippen molar-refractivity contribution in [1.29, 1.82) is 10.5 Å². The zero-order chi connectivity index (χ0) is 11.8. The summed E-state index contributed by atoms with van der Waals surface area (Å²) < 4.78 is 5.12. The second-order valence-electron chi connectivity index (χ2n) is 3.34. The molecular weight excluding hydrogens is 268 g/mol. The van der Waals surface area contributed by atoms with E-state index in [1.165, 1.54) is 18.8 Å². The number of rotatable bonds is 1. The highest BCUT2D eigenvalue weighted by atomic mass is 32.1. The van der Waals surface area contributed by atoms with E-state index < -0.39 is 0 Å². The fourth-order valence-electron chi connectivity index (χ4n) is 1.59. The Labute approximate surface area is 109 Å². The monoisotopic (exact) mass is 272 g/mol. The van der Waals surface area contributed by atoms with Gasteiger partial charge in [0.05, 0.1) is 9.40 Å². The molecule has 0 saturated heterocycles. The van der Waals surface area contributed by atoms with Gasteiger partial charge in [-0.2, -0.15) is 10.5 Å². The summed E-state index contributed by atoms with van der Waals surface area (Å²) in [5.74, 6) is 0. The maximum Gasteiger partial charge on any atom is 0.131 e. The van der Waals surface area contributed by atoms with E-state index >= 15 is 0 Å². The van der Waals surface area contributed by atoms with Gasteiger partial charge in [-0.3, -0.25) is 0 Å². The summed E-state index contributed by atoms with van der Waals surface area (Å²) in [6, 6.07) is 7.94. The van der Waals surface area contributed by atoms with Crippen molar-refractivity contribution < 1.29 is 0 Å². The van der Waals surface area contributed by atoms with Crippen LogP contribution >= 0.6 is 34.0 Å². The zero-order valence-electron chi connectivity index (χ0n) is 8.43. The van der Waals surface area contributed by atoms with Gasteiger partial charge in [-0.05, 0) is 23.6 Å². The lowest BCUT2D eigenvalue weighted by atomic mass is 10.3. The Morgan fingerprint density at radius 2 is 1.94 bits per heavy atom. The largest absolute Gasteiger partial charge is 0.192 e. The van der Waals surface area contributed by atoms with Gasteiger partial charge in [0.2, 0.25) is 0 Å². The van der Waals surface area contributed by atoms with Crippen LogP contribution in [0.25, 0.3) is 24.9 Å². The summed E-state index contributed by atoms with van der Waals surface area (Å²) in [4.78, 5) is 0.972. The van der Waals surface area contributed by atoms with Crippen molar-refractivity contribution in [2.45, 2.75) is 0 Å². The van der Waals surface area contributed by atoms with Gasteiger partial charge in [-0.25, -0.2) is 0 Å². The molecule has 0 aromatic carbocycles. The van der Waals surface area contributed by atoms with Gasteiger partial charge in [0, 0.05) is 14.3 Å². The van der Waals surface area contributed by atoms with Crippen molar-refractivity contribution >= 4 is 58.9 Å². The highest BCUT2D eigenvalue weighted by molar-refractivity contribution is 7.38. The highest BCUT2D eigenvalue weighted by Crippen LogP contribution is 2.42. The lowest BCUT2D eigenvalue weighted by Crippen LogP contribution is -1.68. The van der Waals surface area contributed by atoms with Crippen LogP contribution in [0, 0.1) is 22.7 Å². The molecule has 0 aliphatic carbocycles. The molecule has 80 valence electrons. The van der Waals surface area contributed by atoms with Crippen LogP contribution in [0.15, 0.2) is 23.1 Å². The second-order valence-corrected chi connectivity index (χ2v) is 6.42. The Hall–Kier alpha value is -1.66. The highest BCUT2D eigenvalue weighted by Gasteiger charge is 2.09. The SMILES string of the molecule is N#CC(C#N)=Cc1cc2sc3ccsc3c2s1. The lowest BCUT2D eigenvalue weighted by Gasteiger charge is -1.82. The summed E-state index contributed by atoms with van der Waals surface area (Å²) >= 11 is 5.13. The van der Waals surface area contributed by atoms with Crippen molar-refractivity contribution in [3.63, 3.8) is 0 Å². The molecule has 3 aromatic rings. The van der Waals surface area contributed by atoms with Gasteiger partial charge in [0.25, 0.3) is 0 Å². The third-order valence-corrected chi connectivity index (χ3v) is 5.82. The van der Waals surface area contributed by atoms with Crippen molar-refractivity contribution in [1.82, 2.24) is 0 Å². The molecule has 0 radical (unpaired) electrons. The third-order valence-electron chi connectivity index (χ3n) is 2.30. The molecule has 0 amide bonds. The van der Waals surface area contributed by atoms with Gasteiger partial charge < -0.3 is 0 Å². The Kier molecular flexibility index (Phi) is 2.45. The van der Waals surface area contributed by atoms with Crippen LogP contribution in [0.3, 0.4) is 0 Å². The van der Waals surface area contributed by atoms with E-state index in [4.69, 9.17) is 10.5 Å². The number of nitriles is 2. The standard InChI is InChI=1S/C12H4N2S3/c13-5-7(6-14)3-8-4-10-12(16-8)11-9(17-10)1-2-15-11/h1-4H. The minimum Gasteiger partial charge on any atom is -0.192 e. The van der Waals surface area contributed by atoms with Crippen LogP contribution in [0.1, 0.15) is 4.88 Å². The van der Waals surface area contributed by atoms with Crippen LogP contribution in [-0.2, 0) is 0 Å². The molecule has 0 unspecified atom stereocenters. The molecule has 3 aromatic heterocycles. The minimum absolute atomic E-state index is 0.154. The molecule has 2 nitrogen and oxygen atoms in total. The van der Waals surface area contributed by atoms with E-state index in [0.717, 1.165) is 4.88 Å². The van der Waals surface area contributed by atoms with E-state index in [0.29, 0.717) is 0 Å². The van der Waals surface area contributed by atoms with Gasteiger partial charge in [-0.1, -0.05) is 0 Å². The molecule has 0 atom stereocenters. The summed E-state index contributed by atoms with van der Waals surface area (Å²) in [7, 11) is 0. The number of hydrogen-bond acceptors (Lipinski definition) is 5. The van der Waals surface area contributed by atoms with Crippen molar-refractivity contribution in [3.05, 3.63) is 28.0 Å². The first-order valence-electron chi connectivity index (χ1n) is 4.73. The maximum absolute atomic E-state index is 8.72. The fraction of sp³-hybridized carbons (Fsp3) is 0. The minimum atomic E-state index is 0.154. The van der Waals surface area contributed by atoms with Gasteiger partial charge in [0.1, 0.15) is 17.7 Å². The second kappa shape index (κ2) is 3.97. The maximum atomic E-state index is 8.72. The molecule has 0 fully saturated rings. The lowest BCUT2D eigenvalue weighted by molar-refractivity contribution is 1.47. The molecule has 0 N–H and O–H groups in total. The predicted octanol–water partition coefficient (Wildman–Crippen LogP) is 4.61. The average molecular weight is 272 g/mol. The van der Waals surface area contributed by atoms with Gasteiger partial charge in [-0.15, -0.1) is 34.0 Å². The molecule has 0 saturated carbocycles. The molecule has 0 bridgehead atoms. The van der Waals surface area contributed by atoms with Crippen LogP contribution in [0.5, 0.6) is 0 Å². The number of thiophene rings is 3. The van der Waals surface area contributed by atoms with E-state index in [2.05, 4.69) is 11.4 Å². The van der Waals surface area contributed by atoms with Crippen molar-refractivity contribution in [3.8, 4) is 12.1 Å². The fourth-order valence-corrected chi connectivity index (χ4v) is 5.31. The molecule has 17 heavy (non-hydrogen) atoms. The smallest absolute Gasteiger partial charge is 0.131 e. The normalized spacial score (nSPS) is 10.2. The predicted molar refractivity (Wildman–Crippen MR) is 74.3 cm³/mol. The van der Waals surface area contributed by atoms with Crippen LogP contribution in [0.4, 0.5) is 0 Å². The summed E-state index contributed by atoms with van der Waals surface area (Å²) in [5, 5.41) is 19.5. The molecule has 3 heterocycles. The number of fused-ring (bicyclic) bond motifs is 3. The van der Waals surface area contributed by atoms with Gasteiger partial charge >= 0.3 is 0 Å².